The van der Waals surface area contributed by atoms with E-state index in [0.717, 1.165) is 12.6 Å². The Morgan fingerprint density at radius 1 is 1.29 bits per heavy atom. The van der Waals surface area contributed by atoms with Gasteiger partial charge in [0.15, 0.2) is 0 Å². The van der Waals surface area contributed by atoms with E-state index >= 15 is 0 Å². The molecule has 0 aliphatic heterocycles. The highest BCUT2D eigenvalue weighted by molar-refractivity contribution is 9.10. The summed E-state index contributed by atoms with van der Waals surface area (Å²) in [5, 5.41) is 2.92. The summed E-state index contributed by atoms with van der Waals surface area (Å²) in [5.41, 5.74) is -0.481. The first-order chi connectivity index (χ1) is 9.88. The molecule has 0 bridgehead atoms. The molecule has 1 aliphatic carbocycles. The van der Waals surface area contributed by atoms with Crippen LogP contribution in [0, 0.1) is 0 Å². The molecule has 0 spiro atoms. The van der Waals surface area contributed by atoms with Gasteiger partial charge in [-0.15, -0.1) is 0 Å². The lowest BCUT2D eigenvalue weighted by molar-refractivity contribution is -0.137. The fraction of sp³-hybridized carbons (Fsp3) is 0.600. The molecular weight excluding hydrogens is 345 g/mol. The van der Waals surface area contributed by atoms with Crippen LogP contribution in [0.25, 0.3) is 0 Å². The number of nitrogens with one attached hydrogen (secondary N) is 1. The molecule has 1 aliphatic rings. The van der Waals surface area contributed by atoms with E-state index in [0.29, 0.717) is 17.1 Å². The van der Waals surface area contributed by atoms with Gasteiger partial charge in [-0.2, -0.15) is 13.2 Å². The van der Waals surface area contributed by atoms with E-state index in [-0.39, 0.29) is 5.69 Å². The lowest BCUT2D eigenvalue weighted by atomic mass is 10.1. The second-order valence-electron chi connectivity index (χ2n) is 5.53. The third kappa shape index (κ3) is 4.61. The Kier molecular flexibility index (Phi) is 5.54. The van der Waals surface area contributed by atoms with Gasteiger partial charge in [0.05, 0.1) is 5.56 Å². The molecule has 0 amide bonds. The molecule has 6 heteroatoms. The first kappa shape index (κ1) is 16.6. The summed E-state index contributed by atoms with van der Waals surface area (Å²) in [4.78, 5) is 2.24. The van der Waals surface area contributed by atoms with Gasteiger partial charge in [0.25, 0.3) is 0 Å². The van der Waals surface area contributed by atoms with Gasteiger partial charge in [-0.1, -0.05) is 28.8 Å². The molecule has 1 aromatic rings. The highest BCUT2D eigenvalue weighted by Crippen LogP contribution is 2.36. The van der Waals surface area contributed by atoms with E-state index in [1.807, 2.05) is 7.05 Å². The van der Waals surface area contributed by atoms with Crippen molar-refractivity contribution < 1.29 is 13.2 Å². The third-order valence-electron chi connectivity index (χ3n) is 4.02. The van der Waals surface area contributed by atoms with Crippen LogP contribution in [0.4, 0.5) is 18.9 Å². The fourth-order valence-corrected chi connectivity index (χ4v) is 3.17. The normalized spacial score (nSPS) is 16.7. The number of halogens is 4. The van der Waals surface area contributed by atoms with E-state index in [2.05, 4.69) is 26.1 Å². The van der Waals surface area contributed by atoms with Gasteiger partial charge < -0.3 is 10.2 Å². The summed E-state index contributed by atoms with van der Waals surface area (Å²) in [6, 6.07) is 4.58. The second kappa shape index (κ2) is 7.01. The lowest BCUT2D eigenvalue weighted by Gasteiger charge is -2.24. The van der Waals surface area contributed by atoms with E-state index in [1.165, 1.54) is 37.8 Å². The fourth-order valence-electron chi connectivity index (χ4n) is 2.80. The molecule has 2 nitrogen and oxygen atoms in total. The van der Waals surface area contributed by atoms with Gasteiger partial charge in [-0.25, -0.2) is 0 Å². The molecule has 1 aromatic carbocycles. The molecule has 0 saturated heterocycles. The van der Waals surface area contributed by atoms with Crippen LogP contribution < -0.4 is 5.32 Å². The molecule has 118 valence electrons. The number of nitrogens with zero attached hydrogens (tertiary/aromatic N) is 1. The molecular formula is C15H20BrF3N2. The summed E-state index contributed by atoms with van der Waals surface area (Å²) >= 11 is 3.22. The molecule has 0 radical (unpaired) electrons. The Morgan fingerprint density at radius 2 is 1.95 bits per heavy atom. The van der Waals surface area contributed by atoms with Gasteiger partial charge >= 0.3 is 6.18 Å². The molecule has 1 N–H and O–H groups in total. The van der Waals surface area contributed by atoms with Crippen LogP contribution in [0.1, 0.15) is 31.2 Å². The molecule has 1 fully saturated rings. The Morgan fingerprint density at radius 3 is 2.57 bits per heavy atom. The Bertz CT molecular complexity index is 470. The van der Waals surface area contributed by atoms with Crippen molar-refractivity contribution in [2.45, 2.75) is 37.9 Å². The summed E-state index contributed by atoms with van der Waals surface area (Å²) in [6.07, 6.45) is 0.571. The van der Waals surface area contributed by atoms with Crippen molar-refractivity contribution in [1.82, 2.24) is 4.90 Å². The molecule has 21 heavy (non-hydrogen) atoms. The summed E-state index contributed by atoms with van der Waals surface area (Å²) in [5.74, 6) is 0. The third-order valence-corrected chi connectivity index (χ3v) is 4.51. The minimum absolute atomic E-state index is 0.136. The maximum atomic E-state index is 12.9. The van der Waals surface area contributed by atoms with Crippen LogP contribution >= 0.6 is 15.9 Å². The van der Waals surface area contributed by atoms with Gasteiger partial charge in [-0.05, 0) is 38.1 Å². The minimum atomic E-state index is -4.33. The monoisotopic (exact) mass is 364 g/mol. The van der Waals surface area contributed by atoms with Crippen molar-refractivity contribution in [3.63, 3.8) is 0 Å². The van der Waals surface area contributed by atoms with Crippen LogP contribution in [0.3, 0.4) is 0 Å². The topological polar surface area (TPSA) is 15.3 Å². The van der Waals surface area contributed by atoms with E-state index < -0.39 is 11.7 Å². The maximum absolute atomic E-state index is 12.9. The van der Waals surface area contributed by atoms with Crippen LogP contribution in [0.5, 0.6) is 0 Å². The predicted molar refractivity (Wildman–Crippen MR) is 82.5 cm³/mol. The van der Waals surface area contributed by atoms with Gasteiger partial charge in [0.2, 0.25) is 0 Å². The first-order valence-corrected chi connectivity index (χ1v) is 7.98. The van der Waals surface area contributed by atoms with Crippen LogP contribution in [0.2, 0.25) is 0 Å². The smallest absolute Gasteiger partial charge is 0.383 e. The number of benzene rings is 1. The number of rotatable bonds is 5. The maximum Gasteiger partial charge on any atom is 0.418 e. The summed E-state index contributed by atoms with van der Waals surface area (Å²) in [6.45, 7) is 1.25. The largest absolute Gasteiger partial charge is 0.418 e. The number of hydrogen-bond donors (Lipinski definition) is 1. The zero-order valence-electron chi connectivity index (χ0n) is 12.0. The Hall–Kier alpha value is -0.750. The average molecular weight is 365 g/mol. The summed E-state index contributed by atoms with van der Waals surface area (Å²) < 4.78 is 39.5. The Labute approximate surface area is 131 Å². The van der Waals surface area contributed by atoms with Crippen LogP contribution in [-0.4, -0.2) is 31.1 Å². The highest BCUT2D eigenvalue weighted by atomic mass is 79.9. The van der Waals surface area contributed by atoms with Crippen molar-refractivity contribution in [2.75, 3.05) is 25.5 Å². The van der Waals surface area contributed by atoms with E-state index in [9.17, 15) is 13.2 Å². The lowest BCUT2D eigenvalue weighted by Crippen LogP contribution is -2.33. The SMILES string of the molecule is CN(CCNc1cc(Br)ccc1C(F)(F)F)C1CCCC1. The number of alkyl halides is 3. The molecule has 1 saturated carbocycles. The second-order valence-corrected chi connectivity index (χ2v) is 6.45. The van der Waals surface area contributed by atoms with E-state index in [1.54, 1.807) is 0 Å². The van der Waals surface area contributed by atoms with Crippen molar-refractivity contribution in [1.29, 1.82) is 0 Å². The predicted octanol–water partition coefficient (Wildman–Crippen LogP) is 4.75. The molecule has 0 unspecified atom stereocenters. The van der Waals surface area contributed by atoms with Gasteiger partial charge in [0, 0.05) is 29.3 Å². The van der Waals surface area contributed by atoms with E-state index in [4.69, 9.17) is 0 Å². The minimum Gasteiger partial charge on any atom is -0.383 e. The van der Waals surface area contributed by atoms with Gasteiger partial charge in [-0.3, -0.25) is 0 Å². The first-order valence-electron chi connectivity index (χ1n) is 7.19. The zero-order chi connectivity index (χ0) is 15.5. The van der Waals surface area contributed by atoms with Gasteiger partial charge in [0.1, 0.15) is 0 Å². The Balaban J connectivity index is 1.94. The van der Waals surface area contributed by atoms with Crippen molar-refractivity contribution in [3.05, 3.63) is 28.2 Å². The van der Waals surface area contributed by atoms with Crippen LogP contribution in [0.15, 0.2) is 22.7 Å². The van der Waals surface area contributed by atoms with Crippen molar-refractivity contribution in [3.8, 4) is 0 Å². The molecule has 2 rings (SSSR count). The van der Waals surface area contributed by atoms with Crippen LogP contribution in [-0.2, 0) is 6.18 Å². The summed E-state index contributed by atoms with van der Waals surface area (Å²) in [7, 11) is 2.04. The zero-order valence-corrected chi connectivity index (χ0v) is 13.6. The molecule has 0 atom stereocenters. The highest BCUT2D eigenvalue weighted by Gasteiger charge is 2.33. The number of likely N-dealkylation sites (N-methyl/N-ethyl adjacent to an activating group) is 1. The number of hydrogen-bond acceptors (Lipinski definition) is 2. The quantitative estimate of drug-likeness (QED) is 0.810. The molecule has 0 aromatic heterocycles. The average Bonchev–Trinajstić information content (AvgIpc) is 2.91. The van der Waals surface area contributed by atoms with Crippen molar-refractivity contribution >= 4 is 21.6 Å². The standard InChI is InChI=1S/C15H20BrF3N2/c1-21(12-4-2-3-5-12)9-8-20-14-10-11(16)6-7-13(14)15(17,18)19/h6-7,10,12,20H,2-5,8-9H2,1H3. The molecule has 0 heterocycles. The number of anilines is 1. The van der Waals surface area contributed by atoms with Crippen molar-refractivity contribution in [2.24, 2.45) is 0 Å².